The van der Waals surface area contributed by atoms with Crippen molar-refractivity contribution in [2.75, 3.05) is 41.0 Å². The van der Waals surface area contributed by atoms with E-state index in [1.54, 1.807) is 0 Å². The molecule has 0 amide bonds. The molecule has 0 aliphatic rings. The van der Waals surface area contributed by atoms with Crippen LogP contribution < -0.4 is 0 Å². The summed E-state index contributed by atoms with van der Waals surface area (Å²) >= 11 is 0. The highest BCUT2D eigenvalue weighted by Crippen LogP contribution is 2.13. The van der Waals surface area contributed by atoms with Crippen molar-refractivity contribution in [3.05, 3.63) is 24.3 Å². The molecule has 0 aromatic heterocycles. The fourth-order valence-corrected chi connectivity index (χ4v) is 5.73. The Hall–Kier alpha value is -2.19. The van der Waals surface area contributed by atoms with Gasteiger partial charge in [-0.1, -0.05) is 134 Å². The number of carbonyl (C=O) groups is 3. The Morgan fingerprint density at radius 3 is 1.55 bits per heavy atom. The van der Waals surface area contributed by atoms with E-state index in [4.69, 9.17) is 14.2 Å². The predicted octanol–water partition coefficient (Wildman–Crippen LogP) is 10.1. The van der Waals surface area contributed by atoms with E-state index in [1.165, 1.54) is 83.5 Å². The zero-order valence-electron chi connectivity index (χ0n) is 32.4. The number of rotatable bonds is 35. The average molecular weight is 695 g/mol. The number of carboxylic acids is 1. The summed E-state index contributed by atoms with van der Waals surface area (Å²) in [6, 6.07) is -0.614. The number of ether oxygens (including phenoxy) is 3. The smallest absolute Gasteiger partial charge is 0.362 e. The molecule has 0 heterocycles. The van der Waals surface area contributed by atoms with Crippen molar-refractivity contribution in [1.29, 1.82) is 0 Å². The van der Waals surface area contributed by atoms with Gasteiger partial charge >= 0.3 is 17.9 Å². The number of hydrogen-bond donors (Lipinski definition) is 1. The second kappa shape index (κ2) is 33.0. The van der Waals surface area contributed by atoms with Crippen LogP contribution in [0.2, 0.25) is 0 Å². The summed E-state index contributed by atoms with van der Waals surface area (Å²) in [5, 5.41) is 9.57. The molecule has 0 aliphatic carbocycles. The van der Waals surface area contributed by atoms with Crippen molar-refractivity contribution < 1.29 is 38.2 Å². The molecule has 2 atom stereocenters. The van der Waals surface area contributed by atoms with Gasteiger partial charge in [-0.15, -0.1) is 0 Å². The van der Waals surface area contributed by atoms with Crippen molar-refractivity contribution in [1.82, 2.24) is 0 Å². The fraction of sp³-hybridized carbons (Fsp3) is 0.829. The number of nitrogens with zero attached hydrogens (tertiary/aromatic N) is 1. The topological polar surface area (TPSA) is 99.1 Å². The van der Waals surface area contributed by atoms with Crippen LogP contribution in [0.3, 0.4) is 0 Å². The highest BCUT2D eigenvalue weighted by atomic mass is 16.6. The maximum atomic E-state index is 12.6. The third-order valence-corrected chi connectivity index (χ3v) is 8.88. The molecule has 0 fully saturated rings. The molecule has 0 radical (unpaired) electrons. The number of hydrogen-bond acceptors (Lipinski definition) is 6. The van der Waals surface area contributed by atoms with Gasteiger partial charge in [0, 0.05) is 19.3 Å². The van der Waals surface area contributed by atoms with Crippen LogP contribution >= 0.6 is 0 Å². The van der Waals surface area contributed by atoms with E-state index in [0.717, 1.165) is 51.4 Å². The van der Waals surface area contributed by atoms with E-state index >= 15 is 0 Å². The molecule has 0 rings (SSSR count). The Labute approximate surface area is 301 Å². The summed E-state index contributed by atoms with van der Waals surface area (Å²) in [5.41, 5.74) is 0. The number of carboxylic acid groups (broad SMARTS) is 1. The average Bonchev–Trinajstić information content (AvgIpc) is 3.05. The zero-order chi connectivity index (χ0) is 36.4. The molecule has 0 aliphatic heterocycles. The first-order valence-corrected chi connectivity index (χ1v) is 19.9. The Kier molecular flexibility index (Phi) is 31.5. The van der Waals surface area contributed by atoms with E-state index in [1.807, 2.05) is 21.1 Å². The summed E-state index contributed by atoms with van der Waals surface area (Å²) in [6.07, 6.45) is 33.6. The van der Waals surface area contributed by atoms with Crippen LogP contribution in [0.1, 0.15) is 168 Å². The Balaban J connectivity index is 4.40. The Morgan fingerprint density at radius 1 is 0.612 bits per heavy atom. The van der Waals surface area contributed by atoms with E-state index in [9.17, 15) is 19.5 Å². The summed E-state index contributed by atoms with van der Waals surface area (Å²) < 4.78 is 17.2. The molecule has 49 heavy (non-hydrogen) atoms. The van der Waals surface area contributed by atoms with Gasteiger partial charge in [-0.25, -0.2) is 4.79 Å². The number of allylic oxidation sites excluding steroid dienone is 4. The van der Waals surface area contributed by atoms with Crippen LogP contribution in [0.4, 0.5) is 0 Å². The van der Waals surface area contributed by atoms with Gasteiger partial charge in [0.25, 0.3) is 0 Å². The third-order valence-electron chi connectivity index (χ3n) is 8.88. The molecule has 8 heteroatoms. The Bertz CT molecular complexity index is 864. The van der Waals surface area contributed by atoms with Crippen LogP contribution in [0.15, 0.2) is 24.3 Å². The number of carbonyl (C=O) groups excluding carboxylic acids is 2. The molecule has 0 saturated heterocycles. The van der Waals surface area contributed by atoms with E-state index in [0.29, 0.717) is 19.3 Å². The number of esters is 2. The highest BCUT2D eigenvalue weighted by molar-refractivity contribution is 5.72. The van der Waals surface area contributed by atoms with Gasteiger partial charge in [-0.05, 0) is 38.5 Å². The quantitative estimate of drug-likeness (QED) is 0.0305. The summed E-state index contributed by atoms with van der Waals surface area (Å²) in [4.78, 5) is 36.7. The van der Waals surface area contributed by atoms with Crippen molar-refractivity contribution >= 4 is 17.9 Å². The van der Waals surface area contributed by atoms with Gasteiger partial charge in [0.1, 0.15) is 6.61 Å². The van der Waals surface area contributed by atoms with Gasteiger partial charge in [-0.3, -0.25) is 9.59 Å². The summed E-state index contributed by atoms with van der Waals surface area (Å²) in [5.74, 6) is -1.50. The largest absolute Gasteiger partial charge is 0.477 e. The number of likely N-dealkylation sites (N-methyl/N-ethyl adjacent to an activating group) is 1. The van der Waals surface area contributed by atoms with Crippen molar-refractivity contribution in [2.24, 2.45) is 0 Å². The second-order valence-corrected chi connectivity index (χ2v) is 14.6. The van der Waals surface area contributed by atoms with Crippen LogP contribution in [-0.2, 0) is 28.6 Å². The summed E-state index contributed by atoms with van der Waals surface area (Å²) in [7, 11) is 5.51. The first-order valence-electron chi connectivity index (χ1n) is 19.9. The predicted molar refractivity (Wildman–Crippen MR) is 202 cm³/mol. The van der Waals surface area contributed by atoms with Gasteiger partial charge in [-0.2, -0.15) is 0 Å². The minimum absolute atomic E-state index is 0.0556. The van der Waals surface area contributed by atoms with Gasteiger partial charge in [0.05, 0.1) is 34.4 Å². The molecule has 0 spiro atoms. The number of quaternary nitrogens is 1. The number of aliphatic carboxylic acids is 1. The molecule has 0 saturated carbocycles. The number of unbranched alkanes of at least 4 members (excludes halogenated alkanes) is 18. The normalized spacial score (nSPS) is 13.2. The van der Waals surface area contributed by atoms with Crippen LogP contribution in [-0.4, -0.2) is 80.6 Å². The van der Waals surface area contributed by atoms with Gasteiger partial charge in [0.15, 0.2) is 12.1 Å². The molecule has 0 bridgehead atoms. The van der Waals surface area contributed by atoms with Crippen molar-refractivity contribution in [3.8, 4) is 0 Å². The van der Waals surface area contributed by atoms with Gasteiger partial charge in [0.2, 0.25) is 0 Å². The molecular weight excluding hydrogens is 618 g/mol. The fourth-order valence-electron chi connectivity index (χ4n) is 5.73. The lowest BCUT2D eigenvalue weighted by Gasteiger charge is -2.31. The van der Waals surface area contributed by atoms with Crippen molar-refractivity contribution in [2.45, 2.75) is 180 Å². The zero-order valence-corrected chi connectivity index (χ0v) is 32.4. The minimum atomic E-state index is -0.879. The monoisotopic (exact) mass is 695 g/mol. The summed E-state index contributed by atoms with van der Waals surface area (Å²) in [6.45, 7) is 4.67. The molecule has 1 N–H and O–H groups in total. The van der Waals surface area contributed by atoms with Crippen LogP contribution in [0, 0.1) is 0 Å². The standard InChI is InChI=1S/C41H75NO7/c1-6-8-10-12-14-16-17-18-19-20-21-22-24-25-27-29-31-39(43)48-36-37(35-47-34-33-38(41(45)46)42(3,4)5)49-40(44)32-30-28-26-23-15-13-11-9-7-2/h19-22,37-38H,6-18,23-36H2,1-5H3/p+1/b20-19+,22-21+. The molecule has 2 unspecified atom stereocenters. The van der Waals surface area contributed by atoms with E-state index in [-0.39, 0.29) is 36.2 Å². The first-order chi connectivity index (χ1) is 23.6. The molecule has 0 aromatic rings. The Morgan fingerprint density at radius 2 is 1.06 bits per heavy atom. The van der Waals surface area contributed by atoms with Gasteiger partial charge < -0.3 is 23.8 Å². The SMILES string of the molecule is CCCCCCCCC/C=C/C=C/CCCCCC(=O)OCC(COCCC(C(=O)O)[N+](C)(C)C)OC(=O)CCCCCCCCCCC. The lowest BCUT2D eigenvalue weighted by atomic mass is 10.1. The molecule has 8 nitrogen and oxygen atoms in total. The first kappa shape index (κ1) is 46.8. The maximum Gasteiger partial charge on any atom is 0.362 e. The minimum Gasteiger partial charge on any atom is -0.477 e. The third kappa shape index (κ3) is 31.5. The highest BCUT2D eigenvalue weighted by Gasteiger charge is 2.31. The lowest BCUT2D eigenvalue weighted by Crippen LogP contribution is -2.50. The van der Waals surface area contributed by atoms with Crippen LogP contribution in [0.25, 0.3) is 0 Å². The van der Waals surface area contributed by atoms with Crippen molar-refractivity contribution in [3.63, 3.8) is 0 Å². The molecule has 0 aromatic carbocycles. The van der Waals surface area contributed by atoms with Crippen LogP contribution in [0.5, 0.6) is 0 Å². The molecule has 286 valence electrons. The lowest BCUT2D eigenvalue weighted by molar-refractivity contribution is -0.887. The maximum absolute atomic E-state index is 12.6. The second-order valence-electron chi connectivity index (χ2n) is 14.6. The molecular formula is C41H76NO7+. The van der Waals surface area contributed by atoms with E-state index in [2.05, 4.69) is 38.2 Å². The van der Waals surface area contributed by atoms with E-state index < -0.39 is 18.1 Å².